The summed E-state index contributed by atoms with van der Waals surface area (Å²) in [7, 11) is 0. The quantitative estimate of drug-likeness (QED) is 0.366. The summed E-state index contributed by atoms with van der Waals surface area (Å²) in [6, 6.07) is 13.4. The Labute approximate surface area is 145 Å². The molecule has 2 rings (SSSR count). The van der Waals surface area contributed by atoms with Crippen LogP contribution in [0, 0.1) is 0 Å². The molecule has 5 heteroatoms. The predicted octanol–water partition coefficient (Wildman–Crippen LogP) is 4.29. The first-order valence-corrected chi connectivity index (χ1v) is 8.37. The molecule has 0 saturated carbocycles. The second kappa shape index (κ2) is 8.20. The molecule has 2 N–H and O–H groups in total. The Bertz CT molecular complexity index is 713. The van der Waals surface area contributed by atoms with Crippen molar-refractivity contribution >= 4 is 35.0 Å². The minimum atomic E-state index is -0.325. The van der Waals surface area contributed by atoms with E-state index in [4.69, 9.17) is 16.3 Å². The van der Waals surface area contributed by atoms with Gasteiger partial charge in [-0.25, -0.2) is 0 Å². The largest absolute Gasteiger partial charge is 0.426 e. The molecule has 0 radical (unpaired) electrons. The lowest BCUT2D eigenvalue weighted by Crippen LogP contribution is -2.76. The molecule has 0 spiro atoms. The second-order valence-corrected chi connectivity index (χ2v) is 6.91. The molecular weight excluding hydrogens is 330 g/mol. The topological polar surface area (TPSA) is 42.9 Å². The van der Waals surface area contributed by atoms with E-state index in [1.54, 1.807) is 17.8 Å². The van der Waals surface area contributed by atoms with Gasteiger partial charge in [0, 0.05) is 23.6 Å². The smallest absolute Gasteiger partial charge is 0.308 e. The molecule has 0 aliphatic rings. The molecule has 3 nitrogen and oxygen atoms in total. The number of carbonyl (C=O) groups excluding carboxylic acids is 1. The molecular formula is C18H19ClNO2S+. The summed E-state index contributed by atoms with van der Waals surface area (Å²) in [4.78, 5) is 13.2. The normalized spacial score (nSPS) is 10.4. The summed E-state index contributed by atoms with van der Waals surface area (Å²) in [5, 5.41) is 2.84. The Morgan fingerprint density at radius 2 is 1.91 bits per heavy atom. The lowest BCUT2D eigenvalue weighted by molar-refractivity contribution is -0.590. The zero-order valence-electron chi connectivity index (χ0n) is 13.1. The maximum absolute atomic E-state index is 11.1. The molecule has 0 aliphatic heterocycles. The van der Waals surface area contributed by atoms with Gasteiger partial charge in [-0.15, -0.1) is 0 Å². The van der Waals surface area contributed by atoms with E-state index in [9.17, 15) is 4.79 Å². The van der Waals surface area contributed by atoms with Crippen molar-refractivity contribution in [2.75, 3.05) is 0 Å². The van der Waals surface area contributed by atoms with Crippen LogP contribution >= 0.6 is 23.4 Å². The third-order valence-corrected chi connectivity index (χ3v) is 4.19. The maximum Gasteiger partial charge on any atom is 0.308 e. The van der Waals surface area contributed by atoms with Gasteiger partial charge in [0.25, 0.3) is 0 Å². The SMILES string of the molecule is C=C(C)Sc1ccc(OC(C)=O)cc1[NH2+]Cc1ccc(Cl)cc1. The molecule has 0 atom stereocenters. The number of benzene rings is 2. The Morgan fingerprint density at radius 1 is 1.22 bits per heavy atom. The van der Waals surface area contributed by atoms with E-state index >= 15 is 0 Å². The van der Waals surface area contributed by atoms with Crippen molar-refractivity contribution in [2.24, 2.45) is 0 Å². The number of hydrogen-bond acceptors (Lipinski definition) is 3. The number of ether oxygens (including phenoxy) is 1. The molecule has 2 aromatic rings. The van der Waals surface area contributed by atoms with Gasteiger partial charge in [-0.2, -0.15) is 0 Å². The lowest BCUT2D eigenvalue weighted by atomic mass is 10.2. The Hall–Kier alpha value is -1.75. The van der Waals surface area contributed by atoms with Gasteiger partial charge in [-0.05, 0) is 36.1 Å². The van der Waals surface area contributed by atoms with E-state index in [1.807, 2.05) is 43.3 Å². The second-order valence-electron chi connectivity index (χ2n) is 5.13. The molecule has 0 fully saturated rings. The molecule has 0 saturated heterocycles. The highest BCUT2D eigenvalue weighted by molar-refractivity contribution is 8.03. The fraction of sp³-hybridized carbons (Fsp3) is 0.167. The number of allylic oxidation sites excluding steroid dienone is 1. The predicted molar refractivity (Wildman–Crippen MR) is 95.2 cm³/mol. The number of thioether (sulfide) groups is 1. The summed E-state index contributed by atoms with van der Waals surface area (Å²) in [6.45, 7) is 8.07. The third-order valence-electron chi connectivity index (χ3n) is 3.00. The van der Waals surface area contributed by atoms with Crippen molar-refractivity contribution in [2.45, 2.75) is 25.3 Å². The molecule has 0 amide bonds. The summed E-state index contributed by atoms with van der Waals surface area (Å²) in [5.41, 5.74) is 2.19. The summed E-state index contributed by atoms with van der Waals surface area (Å²) < 4.78 is 5.17. The van der Waals surface area contributed by atoms with Crippen LogP contribution < -0.4 is 10.1 Å². The molecule has 23 heavy (non-hydrogen) atoms. The van der Waals surface area contributed by atoms with Gasteiger partial charge >= 0.3 is 5.97 Å². The van der Waals surface area contributed by atoms with E-state index in [1.165, 1.54) is 12.5 Å². The van der Waals surface area contributed by atoms with Crippen molar-refractivity contribution in [1.29, 1.82) is 0 Å². The summed E-state index contributed by atoms with van der Waals surface area (Å²) >= 11 is 7.51. The zero-order valence-corrected chi connectivity index (χ0v) is 14.7. The Morgan fingerprint density at radius 3 is 2.52 bits per heavy atom. The number of esters is 1. The maximum atomic E-state index is 11.1. The average Bonchev–Trinajstić information content (AvgIpc) is 2.48. The van der Waals surface area contributed by atoms with Crippen molar-refractivity contribution < 1.29 is 14.8 Å². The van der Waals surface area contributed by atoms with Gasteiger partial charge in [-0.3, -0.25) is 4.79 Å². The molecule has 0 unspecified atom stereocenters. The van der Waals surface area contributed by atoms with Crippen LogP contribution in [0.5, 0.6) is 5.75 Å². The van der Waals surface area contributed by atoms with Crippen LogP contribution in [0.4, 0.5) is 5.69 Å². The monoisotopic (exact) mass is 348 g/mol. The number of halogens is 1. The minimum absolute atomic E-state index is 0.325. The van der Waals surface area contributed by atoms with E-state index in [2.05, 4.69) is 11.9 Å². The van der Waals surface area contributed by atoms with E-state index in [-0.39, 0.29) is 5.97 Å². The summed E-state index contributed by atoms with van der Waals surface area (Å²) in [5.74, 6) is 0.222. The fourth-order valence-corrected chi connectivity index (χ4v) is 2.94. The number of rotatable bonds is 6. The van der Waals surface area contributed by atoms with Crippen molar-refractivity contribution in [3.8, 4) is 5.75 Å². The van der Waals surface area contributed by atoms with Crippen molar-refractivity contribution in [3.63, 3.8) is 0 Å². The highest BCUT2D eigenvalue weighted by atomic mass is 35.5. The molecule has 0 aromatic heterocycles. The van der Waals surface area contributed by atoms with E-state index in [0.717, 1.165) is 27.1 Å². The molecule has 120 valence electrons. The van der Waals surface area contributed by atoms with Gasteiger partial charge in [0.05, 0.1) is 4.90 Å². The molecule has 0 heterocycles. The molecule has 0 aliphatic carbocycles. The minimum Gasteiger partial charge on any atom is -0.426 e. The van der Waals surface area contributed by atoms with E-state index < -0.39 is 0 Å². The Balaban J connectivity index is 2.19. The van der Waals surface area contributed by atoms with Crippen molar-refractivity contribution in [3.05, 3.63) is 64.5 Å². The van der Waals surface area contributed by atoms with Crippen LogP contribution in [0.3, 0.4) is 0 Å². The van der Waals surface area contributed by atoms with Crippen LogP contribution in [0.25, 0.3) is 0 Å². The highest BCUT2D eigenvalue weighted by Gasteiger charge is 2.11. The number of nitrogens with two attached hydrogens (primary N) is 1. The van der Waals surface area contributed by atoms with Gasteiger partial charge in [0.15, 0.2) is 0 Å². The van der Waals surface area contributed by atoms with Crippen molar-refractivity contribution in [1.82, 2.24) is 0 Å². The first-order valence-electron chi connectivity index (χ1n) is 7.17. The van der Waals surface area contributed by atoms with Crippen LogP contribution in [0.15, 0.2) is 58.8 Å². The summed E-state index contributed by atoms with van der Waals surface area (Å²) in [6.07, 6.45) is 0. The standard InChI is InChI=1S/C18H18ClNO2S/c1-12(2)23-18-9-8-16(22-13(3)21)10-17(18)20-11-14-4-6-15(19)7-5-14/h4-10,20H,1,11H2,2-3H3/p+1. The molecule has 2 aromatic carbocycles. The molecule has 0 bridgehead atoms. The van der Waals surface area contributed by atoms with Crippen LogP contribution in [-0.2, 0) is 11.3 Å². The average molecular weight is 349 g/mol. The van der Waals surface area contributed by atoms with Crippen LogP contribution in [0.1, 0.15) is 19.4 Å². The van der Waals surface area contributed by atoms with Gasteiger partial charge in [0.2, 0.25) is 0 Å². The van der Waals surface area contributed by atoms with Gasteiger partial charge in [-0.1, -0.05) is 42.1 Å². The van der Waals surface area contributed by atoms with Crippen LogP contribution in [-0.4, -0.2) is 5.97 Å². The van der Waals surface area contributed by atoms with Gasteiger partial charge in [0.1, 0.15) is 18.0 Å². The first-order chi connectivity index (χ1) is 10.9. The Kier molecular flexibility index (Phi) is 6.28. The number of carbonyl (C=O) groups is 1. The number of quaternary nitrogens is 1. The lowest BCUT2D eigenvalue weighted by Gasteiger charge is -2.10. The highest BCUT2D eigenvalue weighted by Crippen LogP contribution is 2.32. The zero-order chi connectivity index (χ0) is 16.8. The third kappa shape index (κ3) is 5.75. The van der Waals surface area contributed by atoms with Crippen LogP contribution in [0.2, 0.25) is 5.02 Å². The van der Waals surface area contributed by atoms with Gasteiger partial charge < -0.3 is 10.1 Å². The number of hydrogen-bond donors (Lipinski definition) is 1. The van der Waals surface area contributed by atoms with E-state index in [0.29, 0.717) is 5.75 Å². The fourth-order valence-electron chi connectivity index (χ4n) is 2.04. The first kappa shape index (κ1) is 17.6.